The number of halogens is 1. The number of thioether (sulfide) groups is 1. The first-order valence-electron chi connectivity index (χ1n) is 12.0. The monoisotopic (exact) mass is 530 g/mol. The highest BCUT2D eigenvalue weighted by atomic mass is 35.5. The van der Waals surface area contributed by atoms with Gasteiger partial charge in [-0.1, -0.05) is 68.8 Å². The molecule has 5 aromatic rings. The minimum atomic E-state index is -0.959. The number of aromatic carboxylic acids is 1. The molecule has 188 valence electrons. The van der Waals surface area contributed by atoms with E-state index in [0.29, 0.717) is 23.9 Å². The van der Waals surface area contributed by atoms with Gasteiger partial charge in [0.15, 0.2) is 0 Å². The van der Waals surface area contributed by atoms with E-state index in [4.69, 9.17) is 21.3 Å². The Labute approximate surface area is 225 Å². The Bertz CT molecular complexity index is 1600. The number of carboxylic acid groups (broad SMARTS) is 1. The molecule has 0 spiro atoms. The number of pyridine rings is 1. The summed E-state index contributed by atoms with van der Waals surface area (Å²) in [6, 6.07) is 25.2. The summed E-state index contributed by atoms with van der Waals surface area (Å²) in [5.41, 5.74) is 3.84. The van der Waals surface area contributed by atoms with E-state index < -0.39 is 5.97 Å². The molecule has 5 rings (SSSR count). The van der Waals surface area contributed by atoms with Crippen molar-refractivity contribution in [3.8, 4) is 5.75 Å². The maximum atomic E-state index is 12.6. The van der Waals surface area contributed by atoms with Gasteiger partial charge < -0.3 is 14.4 Å². The third-order valence-corrected chi connectivity index (χ3v) is 7.38. The first-order valence-corrected chi connectivity index (χ1v) is 13.2. The van der Waals surface area contributed by atoms with Crippen molar-refractivity contribution in [3.05, 3.63) is 101 Å². The van der Waals surface area contributed by atoms with Crippen LogP contribution in [0.15, 0.2) is 83.8 Å². The van der Waals surface area contributed by atoms with E-state index in [1.54, 1.807) is 11.8 Å². The molecule has 5 nitrogen and oxygen atoms in total. The van der Waals surface area contributed by atoms with Crippen molar-refractivity contribution in [2.24, 2.45) is 0 Å². The van der Waals surface area contributed by atoms with Crippen molar-refractivity contribution in [1.82, 2.24) is 9.55 Å². The predicted octanol–water partition coefficient (Wildman–Crippen LogP) is 8.06. The normalized spacial score (nSPS) is 11.8. The molecule has 0 saturated carbocycles. The molecule has 1 N–H and O–H groups in total. The van der Waals surface area contributed by atoms with Gasteiger partial charge in [0.1, 0.15) is 18.1 Å². The number of carboxylic acids is 1. The lowest BCUT2D eigenvalue weighted by atomic mass is 10.2. The Kier molecular flexibility index (Phi) is 6.88. The molecule has 0 bridgehead atoms. The number of fused-ring (bicyclic) bond motifs is 2. The summed E-state index contributed by atoms with van der Waals surface area (Å²) < 4.78 is 7.81. The van der Waals surface area contributed by atoms with Crippen LogP contribution < -0.4 is 4.74 Å². The van der Waals surface area contributed by atoms with Gasteiger partial charge in [-0.2, -0.15) is 0 Å². The van der Waals surface area contributed by atoms with Gasteiger partial charge in [-0.05, 0) is 48.0 Å². The van der Waals surface area contributed by atoms with Crippen molar-refractivity contribution in [2.45, 2.75) is 43.6 Å². The molecule has 0 saturated heterocycles. The standard InChI is InChI=1S/C30H27ClN2O3S/c1-30(2,3)37-28-24-16-23(36-18-22-13-10-20-6-4-5-7-25(20)32-22)14-15-26(24)33(27(28)29(34)35)17-19-8-11-21(31)12-9-19/h4-16H,17-18H2,1-3H3,(H,34,35). The molecule has 7 heteroatoms. The molecule has 37 heavy (non-hydrogen) atoms. The first-order chi connectivity index (χ1) is 17.7. The van der Waals surface area contributed by atoms with Crippen LogP contribution in [-0.4, -0.2) is 25.4 Å². The molecule has 0 aliphatic heterocycles. The van der Waals surface area contributed by atoms with Gasteiger partial charge in [0.2, 0.25) is 0 Å². The molecule has 0 aliphatic carbocycles. The fourth-order valence-corrected chi connectivity index (χ4v) is 5.60. The second kappa shape index (κ2) is 10.1. The van der Waals surface area contributed by atoms with Crippen LogP contribution in [0.1, 0.15) is 42.5 Å². The van der Waals surface area contributed by atoms with Crippen LogP contribution in [0, 0.1) is 0 Å². The number of rotatable bonds is 7. The molecule has 0 fully saturated rings. The molecular formula is C30H27ClN2O3S. The van der Waals surface area contributed by atoms with Gasteiger partial charge in [0, 0.05) is 32.0 Å². The Morgan fingerprint density at radius 3 is 2.51 bits per heavy atom. The highest BCUT2D eigenvalue weighted by molar-refractivity contribution is 8.00. The highest BCUT2D eigenvalue weighted by Gasteiger charge is 2.27. The highest BCUT2D eigenvalue weighted by Crippen LogP contribution is 2.42. The maximum Gasteiger partial charge on any atom is 0.353 e. The largest absolute Gasteiger partial charge is 0.487 e. The van der Waals surface area contributed by atoms with Crippen LogP contribution >= 0.6 is 23.4 Å². The number of carbonyl (C=O) groups is 1. The van der Waals surface area contributed by atoms with Crippen molar-refractivity contribution in [3.63, 3.8) is 0 Å². The molecule has 0 atom stereocenters. The first kappa shape index (κ1) is 25.2. The van der Waals surface area contributed by atoms with Crippen LogP contribution in [0.3, 0.4) is 0 Å². The van der Waals surface area contributed by atoms with Gasteiger partial charge in [0.25, 0.3) is 0 Å². The average Bonchev–Trinajstić information content (AvgIpc) is 3.15. The third-order valence-electron chi connectivity index (χ3n) is 5.90. The maximum absolute atomic E-state index is 12.6. The second-order valence-electron chi connectivity index (χ2n) is 9.87. The van der Waals surface area contributed by atoms with E-state index >= 15 is 0 Å². The topological polar surface area (TPSA) is 64.3 Å². The van der Waals surface area contributed by atoms with Crippen molar-refractivity contribution < 1.29 is 14.6 Å². The van der Waals surface area contributed by atoms with Gasteiger partial charge in [-0.25, -0.2) is 9.78 Å². The lowest BCUT2D eigenvalue weighted by Crippen LogP contribution is -2.13. The fourth-order valence-electron chi connectivity index (χ4n) is 4.30. The minimum absolute atomic E-state index is 0.185. The zero-order chi connectivity index (χ0) is 26.2. The van der Waals surface area contributed by atoms with Crippen LogP contribution in [0.4, 0.5) is 0 Å². The van der Waals surface area contributed by atoms with Crippen molar-refractivity contribution in [2.75, 3.05) is 0 Å². The summed E-state index contributed by atoms with van der Waals surface area (Å²) in [5, 5.41) is 12.9. The van der Waals surface area contributed by atoms with E-state index in [-0.39, 0.29) is 10.4 Å². The molecule has 0 aliphatic rings. The molecule has 0 unspecified atom stereocenters. The molecule has 0 radical (unpaired) electrons. The smallest absolute Gasteiger partial charge is 0.353 e. The Hall–Kier alpha value is -3.48. The SMILES string of the molecule is CC(C)(C)Sc1c(C(=O)O)n(Cc2ccc(Cl)cc2)c2ccc(OCc3ccc4ccccc4n3)cc12. The van der Waals surface area contributed by atoms with E-state index in [1.807, 2.05) is 83.4 Å². The fraction of sp³-hybridized carbons (Fsp3) is 0.200. The van der Waals surface area contributed by atoms with E-state index in [2.05, 4.69) is 20.8 Å². The summed E-state index contributed by atoms with van der Waals surface area (Å²) in [7, 11) is 0. The summed E-state index contributed by atoms with van der Waals surface area (Å²) in [5.74, 6) is -0.293. The number of hydrogen-bond donors (Lipinski definition) is 1. The zero-order valence-corrected chi connectivity index (χ0v) is 22.4. The van der Waals surface area contributed by atoms with Crippen LogP contribution in [0.25, 0.3) is 21.8 Å². The lowest BCUT2D eigenvalue weighted by molar-refractivity contribution is 0.0682. The number of ether oxygens (including phenoxy) is 1. The quantitative estimate of drug-likeness (QED) is 0.215. The molecule has 2 aromatic heterocycles. The zero-order valence-electron chi connectivity index (χ0n) is 20.9. The number of nitrogens with zero attached hydrogens (tertiary/aromatic N) is 2. The van der Waals surface area contributed by atoms with Gasteiger partial charge in [-0.15, -0.1) is 11.8 Å². The van der Waals surface area contributed by atoms with Crippen LogP contribution in [-0.2, 0) is 13.2 Å². The number of para-hydroxylation sites is 1. The van der Waals surface area contributed by atoms with Gasteiger partial charge in [0.05, 0.1) is 16.7 Å². The average molecular weight is 531 g/mol. The molecule has 3 aromatic carbocycles. The van der Waals surface area contributed by atoms with E-state index in [1.165, 1.54) is 0 Å². The second-order valence-corrected chi connectivity index (χ2v) is 12.1. The number of hydrogen-bond acceptors (Lipinski definition) is 4. The number of benzene rings is 3. The predicted molar refractivity (Wildman–Crippen MR) is 151 cm³/mol. The summed E-state index contributed by atoms with van der Waals surface area (Å²) in [6.45, 7) is 6.98. The van der Waals surface area contributed by atoms with Gasteiger partial charge in [-0.3, -0.25) is 0 Å². The lowest BCUT2D eigenvalue weighted by Gasteiger charge is -2.18. The number of aromatic nitrogens is 2. The molecular weight excluding hydrogens is 504 g/mol. The molecule has 0 amide bonds. The van der Waals surface area contributed by atoms with Crippen molar-refractivity contribution >= 4 is 51.1 Å². The third kappa shape index (κ3) is 5.60. The van der Waals surface area contributed by atoms with Gasteiger partial charge >= 0.3 is 5.97 Å². The summed E-state index contributed by atoms with van der Waals surface area (Å²) in [4.78, 5) is 18.0. The summed E-state index contributed by atoms with van der Waals surface area (Å²) >= 11 is 7.62. The Balaban J connectivity index is 1.54. The van der Waals surface area contributed by atoms with Crippen LogP contribution in [0.2, 0.25) is 5.02 Å². The van der Waals surface area contributed by atoms with Crippen LogP contribution in [0.5, 0.6) is 5.75 Å². The van der Waals surface area contributed by atoms with E-state index in [0.717, 1.165) is 38.0 Å². The summed E-state index contributed by atoms with van der Waals surface area (Å²) in [6.07, 6.45) is 0. The van der Waals surface area contributed by atoms with Crippen molar-refractivity contribution in [1.29, 1.82) is 0 Å². The Morgan fingerprint density at radius 2 is 1.78 bits per heavy atom. The molecule has 2 heterocycles. The Morgan fingerprint density at radius 1 is 1.03 bits per heavy atom. The van der Waals surface area contributed by atoms with E-state index in [9.17, 15) is 9.90 Å². The minimum Gasteiger partial charge on any atom is -0.487 e.